The van der Waals surface area contributed by atoms with Gasteiger partial charge in [-0.25, -0.2) is 4.98 Å². The molecule has 0 fully saturated rings. The zero-order valence-electron chi connectivity index (χ0n) is 12.9. The van der Waals surface area contributed by atoms with Gasteiger partial charge in [-0.1, -0.05) is 36.4 Å². The Morgan fingerprint density at radius 3 is 2.55 bits per heavy atom. The molecular weight excluding hydrogens is 272 g/mol. The summed E-state index contributed by atoms with van der Waals surface area (Å²) in [5.74, 6) is 0.691. The van der Waals surface area contributed by atoms with Crippen LogP contribution in [0.5, 0.6) is 5.88 Å². The van der Waals surface area contributed by atoms with E-state index in [4.69, 9.17) is 4.74 Å². The second-order valence-corrected chi connectivity index (χ2v) is 5.52. The Balaban J connectivity index is 1.90. The molecule has 2 aromatic carbocycles. The molecule has 0 atom stereocenters. The summed E-state index contributed by atoms with van der Waals surface area (Å²) in [4.78, 5) is 4.36. The van der Waals surface area contributed by atoms with Gasteiger partial charge in [0.15, 0.2) is 0 Å². The lowest BCUT2D eigenvalue weighted by atomic mass is 10.1. The van der Waals surface area contributed by atoms with Crippen molar-refractivity contribution in [3.63, 3.8) is 0 Å². The molecule has 1 N–H and O–H groups in total. The zero-order chi connectivity index (χ0) is 15.4. The van der Waals surface area contributed by atoms with E-state index in [1.54, 1.807) is 6.20 Å². The van der Waals surface area contributed by atoms with E-state index in [1.165, 1.54) is 5.56 Å². The Kier molecular flexibility index (Phi) is 4.24. The number of nitrogens with one attached hydrogen (secondary N) is 1. The number of fused-ring (bicyclic) bond motifs is 1. The SMILES string of the molecule is CC(C)Oc1nccc2c(NCc3ccccc3)cccc12. The average Bonchev–Trinajstić information content (AvgIpc) is 2.54. The molecule has 1 heterocycles. The van der Waals surface area contributed by atoms with E-state index in [0.717, 1.165) is 23.0 Å². The Bertz CT molecular complexity index is 754. The van der Waals surface area contributed by atoms with Crippen LogP contribution in [0.3, 0.4) is 0 Å². The number of hydrogen-bond donors (Lipinski definition) is 1. The summed E-state index contributed by atoms with van der Waals surface area (Å²) in [5.41, 5.74) is 2.35. The van der Waals surface area contributed by atoms with Gasteiger partial charge in [0.2, 0.25) is 5.88 Å². The van der Waals surface area contributed by atoms with Crippen LogP contribution in [0, 0.1) is 0 Å². The minimum absolute atomic E-state index is 0.110. The van der Waals surface area contributed by atoms with Crippen LogP contribution in [0.2, 0.25) is 0 Å². The van der Waals surface area contributed by atoms with Crippen molar-refractivity contribution in [3.05, 3.63) is 66.4 Å². The van der Waals surface area contributed by atoms with Gasteiger partial charge in [0.25, 0.3) is 0 Å². The maximum absolute atomic E-state index is 5.81. The van der Waals surface area contributed by atoms with Gasteiger partial charge in [-0.15, -0.1) is 0 Å². The summed E-state index contributed by atoms with van der Waals surface area (Å²) in [7, 11) is 0. The molecule has 0 unspecified atom stereocenters. The Labute approximate surface area is 131 Å². The monoisotopic (exact) mass is 292 g/mol. The molecular formula is C19H20N2O. The van der Waals surface area contributed by atoms with Gasteiger partial charge in [-0.2, -0.15) is 0 Å². The quantitative estimate of drug-likeness (QED) is 0.744. The predicted molar refractivity (Wildman–Crippen MR) is 91.3 cm³/mol. The summed E-state index contributed by atoms with van der Waals surface area (Å²) in [6.07, 6.45) is 1.91. The van der Waals surface area contributed by atoms with Gasteiger partial charge >= 0.3 is 0 Å². The largest absolute Gasteiger partial charge is 0.475 e. The van der Waals surface area contributed by atoms with Crippen molar-refractivity contribution in [1.82, 2.24) is 4.98 Å². The van der Waals surface area contributed by atoms with E-state index >= 15 is 0 Å². The van der Waals surface area contributed by atoms with Crippen molar-refractivity contribution >= 4 is 16.5 Å². The van der Waals surface area contributed by atoms with Crippen molar-refractivity contribution in [1.29, 1.82) is 0 Å². The van der Waals surface area contributed by atoms with E-state index in [-0.39, 0.29) is 6.10 Å². The van der Waals surface area contributed by atoms with E-state index in [0.29, 0.717) is 5.88 Å². The van der Waals surface area contributed by atoms with Gasteiger partial charge < -0.3 is 10.1 Å². The Morgan fingerprint density at radius 1 is 0.955 bits per heavy atom. The van der Waals surface area contributed by atoms with Crippen molar-refractivity contribution in [2.75, 3.05) is 5.32 Å². The molecule has 0 aliphatic heterocycles. The maximum Gasteiger partial charge on any atom is 0.221 e. The van der Waals surface area contributed by atoms with Crippen molar-refractivity contribution in [2.45, 2.75) is 26.5 Å². The molecule has 22 heavy (non-hydrogen) atoms. The zero-order valence-corrected chi connectivity index (χ0v) is 12.9. The Morgan fingerprint density at radius 2 is 1.77 bits per heavy atom. The molecule has 0 bridgehead atoms. The molecule has 3 heteroatoms. The molecule has 1 aromatic heterocycles. The minimum Gasteiger partial charge on any atom is -0.475 e. The van der Waals surface area contributed by atoms with Crippen molar-refractivity contribution in [2.24, 2.45) is 0 Å². The highest BCUT2D eigenvalue weighted by atomic mass is 16.5. The van der Waals surface area contributed by atoms with Crippen LogP contribution in [0.25, 0.3) is 10.8 Å². The van der Waals surface area contributed by atoms with Crippen molar-refractivity contribution < 1.29 is 4.74 Å². The highest BCUT2D eigenvalue weighted by Gasteiger charge is 2.08. The normalized spacial score (nSPS) is 10.9. The summed E-state index contributed by atoms with van der Waals surface area (Å²) < 4.78 is 5.81. The van der Waals surface area contributed by atoms with Crippen LogP contribution in [0.1, 0.15) is 19.4 Å². The van der Waals surface area contributed by atoms with E-state index in [1.807, 2.05) is 38.1 Å². The topological polar surface area (TPSA) is 34.1 Å². The third-order valence-corrected chi connectivity index (χ3v) is 3.44. The fraction of sp³-hybridized carbons (Fsp3) is 0.211. The number of aromatic nitrogens is 1. The van der Waals surface area contributed by atoms with Crippen LogP contribution < -0.4 is 10.1 Å². The number of anilines is 1. The summed E-state index contributed by atoms with van der Waals surface area (Å²) in [6.45, 7) is 4.82. The molecule has 0 saturated carbocycles. The third kappa shape index (κ3) is 3.19. The standard InChI is InChI=1S/C19H20N2O/c1-14(2)22-19-17-9-6-10-18(16(17)11-12-20-19)21-13-15-7-4-3-5-8-15/h3-12,14,21H,13H2,1-2H3. The molecule has 0 saturated heterocycles. The first kappa shape index (κ1) is 14.4. The van der Waals surface area contributed by atoms with E-state index < -0.39 is 0 Å². The van der Waals surface area contributed by atoms with Crippen molar-refractivity contribution in [3.8, 4) is 5.88 Å². The summed E-state index contributed by atoms with van der Waals surface area (Å²) >= 11 is 0. The van der Waals surface area contributed by atoms with Crippen LogP contribution in [-0.4, -0.2) is 11.1 Å². The molecule has 3 nitrogen and oxygen atoms in total. The summed E-state index contributed by atoms with van der Waals surface area (Å²) in [5, 5.41) is 5.67. The van der Waals surface area contributed by atoms with Crippen LogP contribution >= 0.6 is 0 Å². The number of ether oxygens (including phenoxy) is 1. The molecule has 112 valence electrons. The average molecular weight is 292 g/mol. The summed E-state index contributed by atoms with van der Waals surface area (Å²) in [6, 6.07) is 18.6. The number of rotatable bonds is 5. The minimum atomic E-state index is 0.110. The molecule has 0 radical (unpaired) electrons. The first-order chi connectivity index (χ1) is 10.7. The van der Waals surface area contributed by atoms with Gasteiger partial charge in [-0.3, -0.25) is 0 Å². The van der Waals surface area contributed by atoms with Crippen LogP contribution in [-0.2, 0) is 6.54 Å². The van der Waals surface area contributed by atoms with Crippen LogP contribution in [0.4, 0.5) is 5.69 Å². The molecule has 0 aliphatic carbocycles. The smallest absolute Gasteiger partial charge is 0.221 e. The number of nitrogens with zero attached hydrogens (tertiary/aromatic N) is 1. The lowest BCUT2D eigenvalue weighted by Gasteiger charge is -2.14. The fourth-order valence-corrected chi connectivity index (χ4v) is 2.44. The first-order valence-electron chi connectivity index (χ1n) is 7.56. The fourth-order valence-electron chi connectivity index (χ4n) is 2.44. The lowest BCUT2D eigenvalue weighted by molar-refractivity contribution is 0.236. The Hall–Kier alpha value is -2.55. The highest BCUT2D eigenvalue weighted by Crippen LogP contribution is 2.29. The van der Waals surface area contributed by atoms with Gasteiger partial charge in [0, 0.05) is 29.2 Å². The molecule has 3 rings (SSSR count). The predicted octanol–water partition coefficient (Wildman–Crippen LogP) is 4.63. The second kappa shape index (κ2) is 6.48. The number of pyridine rings is 1. The van der Waals surface area contributed by atoms with Gasteiger partial charge in [-0.05, 0) is 37.6 Å². The van der Waals surface area contributed by atoms with Crippen LogP contribution in [0.15, 0.2) is 60.8 Å². The number of benzene rings is 2. The number of hydrogen-bond acceptors (Lipinski definition) is 3. The molecule has 0 spiro atoms. The maximum atomic E-state index is 5.81. The van der Waals surface area contributed by atoms with Gasteiger partial charge in [0.1, 0.15) is 0 Å². The lowest BCUT2D eigenvalue weighted by Crippen LogP contribution is -2.07. The van der Waals surface area contributed by atoms with E-state index in [9.17, 15) is 0 Å². The molecule has 3 aromatic rings. The first-order valence-corrected chi connectivity index (χ1v) is 7.56. The molecule has 0 amide bonds. The van der Waals surface area contributed by atoms with Gasteiger partial charge in [0.05, 0.1) is 6.10 Å². The highest BCUT2D eigenvalue weighted by molar-refractivity contribution is 5.96. The molecule has 0 aliphatic rings. The van der Waals surface area contributed by atoms with E-state index in [2.05, 4.69) is 40.6 Å². The second-order valence-electron chi connectivity index (χ2n) is 5.52. The third-order valence-electron chi connectivity index (χ3n) is 3.44.